The van der Waals surface area contributed by atoms with Crippen molar-refractivity contribution < 1.29 is 24.5 Å². The van der Waals surface area contributed by atoms with Crippen LogP contribution in [0, 0.1) is 17.1 Å². The molecule has 3 N–H and O–H groups in total. The molecule has 28 heavy (non-hydrogen) atoms. The Bertz CT molecular complexity index is 1030. The van der Waals surface area contributed by atoms with Crippen LogP contribution in [0.2, 0.25) is 5.02 Å². The smallest absolute Gasteiger partial charge is 0.268 e. The molecule has 6 nitrogen and oxygen atoms in total. The second-order valence-corrected chi connectivity index (χ2v) is 6.31. The zero-order valence-corrected chi connectivity index (χ0v) is 15.5. The molecule has 0 heterocycles. The lowest BCUT2D eigenvalue weighted by Crippen LogP contribution is -2.28. The molecule has 2 aromatic rings. The van der Waals surface area contributed by atoms with Crippen molar-refractivity contribution in [2.75, 3.05) is 7.05 Å². The Balaban J connectivity index is 2.41. The van der Waals surface area contributed by atoms with E-state index < -0.39 is 34.6 Å². The van der Waals surface area contributed by atoms with Crippen molar-refractivity contribution in [2.24, 2.45) is 0 Å². The van der Waals surface area contributed by atoms with Gasteiger partial charge in [0, 0.05) is 35.3 Å². The van der Waals surface area contributed by atoms with Crippen molar-refractivity contribution in [3.8, 4) is 17.6 Å². The highest BCUT2D eigenvalue weighted by Gasteiger charge is 2.22. The van der Waals surface area contributed by atoms with Crippen molar-refractivity contribution >= 4 is 29.3 Å². The Morgan fingerprint density at radius 1 is 1.36 bits per heavy atom. The molecule has 0 aliphatic heterocycles. The number of carbonyl (C=O) groups excluding carboxylic acids is 1. The summed E-state index contributed by atoms with van der Waals surface area (Å²) in [4.78, 5) is 13.6. The first-order valence-electron chi connectivity index (χ1n) is 7.91. The number of phenolic OH excluding ortho intramolecular Hbond substituents is 2. The number of carbonyl (C=O) groups is 1. The number of nitriles is 1. The van der Waals surface area contributed by atoms with E-state index in [2.05, 4.69) is 6.58 Å². The minimum atomic E-state index is -0.868. The molecule has 2 aromatic carbocycles. The molecule has 0 atom stereocenters. The van der Waals surface area contributed by atoms with Gasteiger partial charge >= 0.3 is 0 Å². The highest BCUT2D eigenvalue weighted by Crippen LogP contribution is 2.34. The number of aliphatic hydroxyl groups is 1. The van der Waals surface area contributed by atoms with Gasteiger partial charge in [-0.1, -0.05) is 24.3 Å². The van der Waals surface area contributed by atoms with E-state index in [1.54, 1.807) is 6.07 Å². The Kier molecular flexibility index (Phi) is 6.29. The number of aliphatic hydroxyl groups excluding tert-OH is 1. The minimum Gasteiger partial charge on any atom is -0.506 e. The van der Waals surface area contributed by atoms with Gasteiger partial charge < -0.3 is 20.2 Å². The number of amides is 1. The van der Waals surface area contributed by atoms with Crippen LogP contribution >= 0.6 is 11.6 Å². The highest BCUT2D eigenvalue weighted by atomic mass is 35.5. The van der Waals surface area contributed by atoms with Crippen LogP contribution in [0.4, 0.5) is 4.39 Å². The van der Waals surface area contributed by atoms with Crippen LogP contribution in [0.3, 0.4) is 0 Å². The van der Waals surface area contributed by atoms with E-state index in [0.29, 0.717) is 0 Å². The molecule has 0 spiro atoms. The molecule has 144 valence electrons. The van der Waals surface area contributed by atoms with Crippen LogP contribution < -0.4 is 0 Å². The van der Waals surface area contributed by atoms with Crippen LogP contribution in [0.25, 0.3) is 11.8 Å². The lowest BCUT2D eigenvalue weighted by Gasteiger charge is -2.18. The predicted octanol–water partition coefficient (Wildman–Crippen LogP) is 3.98. The molecule has 0 saturated heterocycles. The predicted molar refractivity (Wildman–Crippen MR) is 103 cm³/mol. The molecule has 0 unspecified atom stereocenters. The first kappa shape index (κ1) is 20.8. The second kappa shape index (κ2) is 8.46. The molecule has 0 fully saturated rings. The standard InChI is InChI=1S/C20H16ClFN2O4/c1-3-11-6-12(8-17(25)19(11)27)18(26)15(9-23)20(28)24(2)10-13-7-14(21)4-5-16(13)22/h3-8,25-27H,1,10H2,2H3/b18-15-. The largest absolute Gasteiger partial charge is 0.506 e. The Morgan fingerprint density at radius 3 is 2.64 bits per heavy atom. The molecule has 0 aliphatic rings. The first-order valence-corrected chi connectivity index (χ1v) is 8.28. The summed E-state index contributed by atoms with van der Waals surface area (Å²) < 4.78 is 13.9. The summed E-state index contributed by atoms with van der Waals surface area (Å²) in [7, 11) is 1.33. The maximum Gasteiger partial charge on any atom is 0.268 e. The quantitative estimate of drug-likeness (QED) is 0.303. The second-order valence-electron chi connectivity index (χ2n) is 5.87. The Labute approximate surface area is 165 Å². The Hall–Kier alpha value is -3.50. The van der Waals surface area contributed by atoms with Crippen LogP contribution in [0.1, 0.15) is 16.7 Å². The lowest BCUT2D eigenvalue weighted by atomic mass is 10.0. The van der Waals surface area contributed by atoms with Gasteiger partial charge in [-0.3, -0.25) is 4.79 Å². The van der Waals surface area contributed by atoms with E-state index in [-0.39, 0.29) is 28.3 Å². The van der Waals surface area contributed by atoms with Crippen LogP contribution in [-0.4, -0.2) is 33.2 Å². The van der Waals surface area contributed by atoms with Crippen LogP contribution in [-0.2, 0) is 11.3 Å². The molecule has 0 saturated carbocycles. The van der Waals surface area contributed by atoms with Gasteiger partial charge in [0.15, 0.2) is 17.1 Å². The SMILES string of the molecule is C=Cc1cc(/C(O)=C(\C#N)C(=O)N(C)Cc2cc(Cl)ccc2F)cc(O)c1O. The molecule has 0 bridgehead atoms. The molecule has 0 aliphatic carbocycles. The van der Waals surface area contributed by atoms with Gasteiger partial charge in [0.25, 0.3) is 5.91 Å². The van der Waals surface area contributed by atoms with E-state index in [9.17, 15) is 29.8 Å². The number of aromatic hydroxyl groups is 2. The summed E-state index contributed by atoms with van der Waals surface area (Å²) >= 11 is 5.83. The van der Waals surface area contributed by atoms with E-state index in [1.807, 2.05) is 0 Å². The summed E-state index contributed by atoms with van der Waals surface area (Å²) in [5, 5.41) is 39.5. The van der Waals surface area contributed by atoms with Crippen molar-refractivity contribution in [3.63, 3.8) is 0 Å². The molecule has 0 radical (unpaired) electrons. The normalized spacial score (nSPS) is 11.4. The molecule has 2 rings (SSSR count). The van der Waals surface area contributed by atoms with Gasteiger partial charge in [-0.15, -0.1) is 0 Å². The van der Waals surface area contributed by atoms with Gasteiger partial charge in [-0.2, -0.15) is 5.26 Å². The van der Waals surface area contributed by atoms with Crippen molar-refractivity contribution in [1.29, 1.82) is 5.26 Å². The molecule has 1 amide bonds. The lowest BCUT2D eigenvalue weighted by molar-refractivity contribution is -0.126. The summed E-state index contributed by atoms with van der Waals surface area (Å²) in [5.41, 5.74) is -0.459. The number of halogens is 2. The monoisotopic (exact) mass is 402 g/mol. The van der Waals surface area contributed by atoms with E-state index in [0.717, 1.165) is 17.0 Å². The molecular weight excluding hydrogens is 387 g/mol. The maximum atomic E-state index is 13.9. The van der Waals surface area contributed by atoms with E-state index in [4.69, 9.17) is 11.6 Å². The minimum absolute atomic E-state index is 0.0718. The summed E-state index contributed by atoms with van der Waals surface area (Å²) in [6.45, 7) is 3.28. The number of benzene rings is 2. The third kappa shape index (κ3) is 4.24. The van der Waals surface area contributed by atoms with Gasteiger partial charge in [-0.25, -0.2) is 4.39 Å². The summed E-state index contributed by atoms with van der Waals surface area (Å²) in [6, 6.07) is 7.73. The number of hydrogen-bond donors (Lipinski definition) is 3. The summed E-state index contributed by atoms with van der Waals surface area (Å²) in [5.74, 6) is -3.16. The Morgan fingerprint density at radius 2 is 2.04 bits per heavy atom. The maximum absolute atomic E-state index is 13.9. The van der Waals surface area contributed by atoms with E-state index in [1.165, 1.54) is 31.3 Å². The average Bonchev–Trinajstić information content (AvgIpc) is 2.66. The first-order chi connectivity index (χ1) is 13.2. The van der Waals surface area contributed by atoms with Crippen molar-refractivity contribution in [3.05, 3.63) is 70.0 Å². The van der Waals surface area contributed by atoms with Gasteiger partial charge in [0.2, 0.25) is 0 Å². The van der Waals surface area contributed by atoms with Gasteiger partial charge in [0.1, 0.15) is 17.6 Å². The fourth-order valence-corrected chi connectivity index (χ4v) is 2.66. The number of hydrogen-bond acceptors (Lipinski definition) is 5. The van der Waals surface area contributed by atoms with Crippen LogP contribution in [0.5, 0.6) is 11.5 Å². The topological polar surface area (TPSA) is 105 Å². The van der Waals surface area contributed by atoms with Gasteiger partial charge in [0.05, 0.1) is 0 Å². The zero-order valence-electron chi connectivity index (χ0n) is 14.8. The molecular formula is C20H16ClFN2O4. The fraction of sp³-hybridized carbons (Fsp3) is 0.100. The number of nitrogens with zero attached hydrogens (tertiary/aromatic N) is 2. The van der Waals surface area contributed by atoms with Crippen molar-refractivity contribution in [2.45, 2.75) is 6.54 Å². The average molecular weight is 403 g/mol. The number of phenols is 2. The summed E-state index contributed by atoms with van der Waals surface area (Å²) in [6.07, 6.45) is 1.23. The number of likely N-dealkylation sites (N-methyl/N-ethyl adjacent to an activating group) is 1. The van der Waals surface area contributed by atoms with Gasteiger partial charge in [-0.05, 0) is 30.3 Å². The zero-order chi connectivity index (χ0) is 21.0. The third-order valence-corrected chi connectivity index (χ3v) is 4.17. The fourth-order valence-electron chi connectivity index (χ4n) is 2.46. The van der Waals surface area contributed by atoms with Crippen LogP contribution in [0.15, 0.2) is 42.5 Å². The molecule has 0 aromatic heterocycles. The van der Waals surface area contributed by atoms with Crippen molar-refractivity contribution in [1.82, 2.24) is 4.90 Å². The highest BCUT2D eigenvalue weighted by molar-refractivity contribution is 6.30. The van der Waals surface area contributed by atoms with E-state index >= 15 is 0 Å². The molecule has 8 heteroatoms. The number of rotatable bonds is 5. The third-order valence-electron chi connectivity index (χ3n) is 3.94.